The summed E-state index contributed by atoms with van der Waals surface area (Å²) in [6.45, 7) is 0.331. The monoisotopic (exact) mass is 700 g/mol. The molecule has 14 heteroatoms. The zero-order valence-electron chi connectivity index (χ0n) is 23.9. The minimum Gasteiger partial charge on any atom is -0.493 e. The van der Waals surface area contributed by atoms with Crippen molar-refractivity contribution >= 4 is 51.3 Å². The number of halogens is 6. The lowest BCUT2D eigenvalue weighted by molar-refractivity contribution is -0.137. The van der Waals surface area contributed by atoms with Gasteiger partial charge < -0.3 is 9.67 Å². The van der Waals surface area contributed by atoms with Gasteiger partial charge in [0, 0.05) is 28.9 Å². The number of aromatic nitrogens is 2. The van der Waals surface area contributed by atoms with Gasteiger partial charge in [0.2, 0.25) is 5.88 Å². The van der Waals surface area contributed by atoms with E-state index in [0.717, 1.165) is 28.2 Å². The van der Waals surface area contributed by atoms with Gasteiger partial charge in [-0.1, -0.05) is 65.7 Å². The topological polar surface area (TPSA) is 87.5 Å². The molecule has 0 radical (unpaired) electrons. The summed E-state index contributed by atoms with van der Waals surface area (Å²) in [6.07, 6.45) is 1.77. The molecule has 47 heavy (non-hydrogen) atoms. The van der Waals surface area contributed by atoms with Gasteiger partial charge in [-0.15, -0.1) is 0 Å². The van der Waals surface area contributed by atoms with Crippen molar-refractivity contribution in [1.82, 2.24) is 14.3 Å². The number of nitrogens with zero attached hydrogens (tertiary/aromatic N) is 3. The second-order valence-electron chi connectivity index (χ2n) is 10.5. The second kappa shape index (κ2) is 12.4. The third-order valence-electron chi connectivity index (χ3n) is 7.23. The molecule has 6 rings (SSSR count). The van der Waals surface area contributed by atoms with E-state index >= 15 is 0 Å². The number of rotatable bonds is 7. The smallest absolute Gasteiger partial charge is 0.416 e. The largest absolute Gasteiger partial charge is 0.493 e. The van der Waals surface area contributed by atoms with Gasteiger partial charge in [-0.25, -0.2) is 18.4 Å². The third-order valence-corrected chi connectivity index (χ3v) is 9.08. The summed E-state index contributed by atoms with van der Waals surface area (Å²) < 4.78 is 83.2. The first kappa shape index (κ1) is 32.2. The lowest BCUT2D eigenvalue weighted by Gasteiger charge is -2.14. The molecule has 5 aromatic rings. The summed E-state index contributed by atoms with van der Waals surface area (Å²) in [5.41, 5.74) is 2.20. The maximum Gasteiger partial charge on any atom is 0.416 e. The van der Waals surface area contributed by atoms with Crippen LogP contribution in [0, 0.1) is 5.82 Å². The molecular weight excluding hydrogens is 679 g/mol. The number of nitrogens with one attached hydrogen (secondary N) is 1. The molecule has 4 aromatic carbocycles. The van der Waals surface area contributed by atoms with Gasteiger partial charge in [0.05, 0.1) is 28.2 Å². The number of alkyl halides is 3. The molecule has 0 aliphatic carbocycles. The summed E-state index contributed by atoms with van der Waals surface area (Å²) in [6, 6.07) is 20.4. The van der Waals surface area contributed by atoms with Crippen LogP contribution in [0.5, 0.6) is 0 Å². The van der Waals surface area contributed by atoms with Crippen molar-refractivity contribution in [3.05, 3.63) is 142 Å². The van der Waals surface area contributed by atoms with Crippen molar-refractivity contribution in [3.8, 4) is 22.4 Å². The number of imidazole rings is 1. The van der Waals surface area contributed by atoms with Crippen LogP contribution in [-0.4, -0.2) is 23.1 Å². The highest BCUT2D eigenvalue weighted by atomic mass is 35.5. The molecule has 2 heterocycles. The van der Waals surface area contributed by atoms with Crippen LogP contribution in [0.15, 0.2) is 103 Å². The molecule has 1 aliphatic rings. The third kappa shape index (κ3) is 6.99. The summed E-state index contributed by atoms with van der Waals surface area (Å²) in [5.74, 6) is -0.727. The highest BCUT2D eigenvalue weighted by molar-refractivity contribution is 7.91. The van der Waals surface area contributed by atoms with E-state index in [-0.39, 0.29) is 5.56 Å². The van der Waals surface area contributed by atoms with Gasteiger partial charge >= 0.3 is 16.4 Å². The van der Waals surface area contributed by atoms with Crippen molar-refractivity contribution in [2.75, 3.05) is 4.31 Å². The van der Waals surface area contributed by atoms with Gasteiger partial charge in [0.25, 0.3) is 0 Å². The Labute approximate surface area is 276 Å². The van der Waals surface area contributed by atoms with E-state index in [0.29, 0.717) is 56.6 Å². The van der Waals surface area contributed by atoms with Crippen LogP contribution < -0.4 is 9.03 Å². The normalized spacial score (nSPS) is 14.4. The lowest BCUT2D eigenvalue weighted by atomic mass is 10.0. The van der Waals surface area contributed by atoms with E-state index < -0.39 is 33.6 Å². The molecule has 240 valence electrons. The highest BCUT2D eigenvalue weighted by Gasteiger charge is 2.31. The van der Waals surface area contributed by atoms with Crippen molar-refractivity contribution in [1.29, 1.82) is 0 Å². The van der Waals surface area contributed by atoms with E-state index in [4.69, 9.17) is 28.2 Å². The Morgan fingerprint density at radius 1 is 0.894 bits per heavy atom. The Balaban J connectivity index is 1.29. The summed E-state index contributed by atoms with van der Waals surface area (Å²) >= 11 is 12.5. The maximum absolute atomic E-state index is 14.4. The molecule has 0 fully saturated rings. The Morgan fingerprint density at radius 2 is 1.62 bits per heavy atom. The first-order valence-corrected chi connectivity index (χ1v) is 16.0. The van der Waals surface area contributed by atoms with Gasteiger partial charge in [-0.2, -0.15) is 21.6 Å². The Kier molecular flexibility index (Phi) is 8.51. The standard InChI is InChI=1S/C33H22Cl2F4N4O3S/c34-24-9-12-26(28(35)16-24)30-18-42(17-21-3-10-25(11-4-21)43-19-32(44)41-47(43,45)46)31(40-30)14-5-20-1-6-22(7-2-20)27-15-23(33(37,38)39)8-13-29(27)36/h1-16,18-19,41,44H,17H2. The van der Waals surface area contributed by atoms with Crippen molar-refractivity contribution < 1.29 is 31.1 Å². The Hall–Kier alpha value is -4.78. The van der Waals surface area contributed by atoms with Crippen molar-refractivity contribution in [2.24, 2.45) is 0 Å². The first-order valence-electron chi connectivity index (χ1n) is 13.8. The summed E-state index contributed by atoms with van der Waals surface area (Å²) in [4.78, 5) is 4.76. The van der Waals surface area contributed by atoms with Crippen LogP contribution in [0.4, 0.5) is 23.2 Å². The molecule has 0 saturated carbocycles. The molecular formula is C33H22Cl2F4N4O3S. The van der Waals surface area contributed by atoms with Gasteiger partial charge in [-0.05, 0) is 71.3 Å². The Morgan fingerprint density at radius 3 is 2.26 bits per heavy atom. The molecule has 1 aromatic heterocycles. The van der Waals surface area contributed by atoms with Crippen LogP contribution in [0.3, 0.4) is 0 Å². The zero-order valence-corrected chi connectivity index (χ0v) is 26.2. The van der Waals surface area contributed by atoms with E-state index in [1.807, 2.05) is 9.29 Å². The molecule has 0 amide bonds. The van der Waals surface area contributed by atoms with Crippen molar-refractivity contribution in [2.45, 2.75) is 12.7 Å². The fraction of sp³-hybridized carbons (Fsp3) is 0.0606. The fourth-order valence-electron chi connectivity index (χ4n) is 4.93. The molecule has 0 saturated heterocycles. The van der Waals surface area contributed by atoms with Gasteiger partial charge in [0.1, 0.15) is 11.6 Å². The average Bonchev–Trinajstić information content (AvgIpc) is 3.54. The van der Waals surface area contributed by atoms with E-state index in [9.17, 15) is 31.1 Å². The molecule has 7 nitrogen and oxygen atoms in total. The SMILES string of the molecule is O=S1(=O)NC(O)=CN1c1ccc(Cn2cc(-c3ccc(Cl)cc3Cl)nc2C=Cc2ccc(-c3cc(C(F)(F)F)ccc3F)cc2)cc1. The molecule has 0 atom stereocenters. The number of aliphatic hydroxyl groups is 1. The molecule has 0 spiro atoms. The molecule has 0 bridgehead atoms. The number of hydrogen-bond donors (Lipinski definition) is 2. The van der Waals surface area contributed by atoms with Crippen LogP contribution in [0.1, 0.15) is 22.5 Å². The number of anilines is 1. The Bertz CT molecular complexity index is 2150. The van der Waals surface area contributed by atoms with Crippen LogP contribution in [0.2, 0.25) is 10.0 Å². The quantitative estimate of drug-likeness (QED) is 0.166. The summed E-state index contributed by atoms with van der Waals surface area (Å²) in [7, 11) is -3.93. The molecule has 0 unspecified atom stereocenters. The zero-order chi connectivity index (χ0) is 33.5. The second-order valence-corrected chi connectivity index (χ2v) is 12.9. The summed E-state index contributed by atoms with van der Waals surface area (Å²) in [5, 5.41) is 10.5. The fourth-order valence-corrected chi connectivity index (χ4v) is 6.49. The van der Waals surface area contributed by atoms with Crippen molar-refractivity contribution in [3.63, 3.8) is 0 Å². The van der Waals surface area contributed by atoms with Gasteiger partial charge in [-0.3, -0.25) is 0 Å². The number of hydrogen-bond acceptors (Lipinski definition) is 4. The highest BCUT2D eigenvalue weighted by Crippen LogP contribution is 2.34. The predicted molar refractivity (Wildman–Crippen MR) is 174 cm³/mol. The maximum atomic E-state index is 14.4. The van der Waals surface area contributed by atoms with E-state index in [2.05, 4.69) is 0 Å². The van der Waals surface area contributed by atoms with Crippen LogP contribution in [-0.2, 0) is 22.9 Å². The lowest BCUT2D eigenvalue weighted by Crippen LogP contribution is -2.29. The predicted octanol–water partition coefficient (Wildman–Crippen LogP) is 8.91. The molecule has 2 N–H and O–H groups in total. The molecule has 1 aliphatic heterocycles. The van der Waals surface area contributed by atoms with Crippen LogP contribution in [0.25, 0.3) is 34.5 Å². The van der Waals surface area contributed by atoms with Crippen LogP contribution >= 0.6 is 23.2 Å². The first-order chi connectivity index (χ1) is 22.3. The minimum absolute atomic E-state index is 0.159. The van der Waals surface area contributed by atoms with Gasteiger partial charge in [0.15, 0.2) is 0 Å². The van der Waals surface area contributed by atoms with E-state index in [1.54, 1.807) is 72.9 Å². The minimum atomic E-state index is -4.60. The number of aliphatic hydroxyl groups excluding tert-OH is 1. The average molecular weight is 702 g/mol. The number of benzene rings is 4. The van der Waals surface area contributed by atoms with E-state index in [1.165, 1.54) is 12.1 Å².